The van der Waals surface area contributed by atoms with Gasteiger partial charge in [-0.15, -0.1) is 0 Å². The van der Waals surface area contributed by atoms with Crippen LogP contribution in [-0.2, 0) is 14.4 Å². The van der Waals surface area contributed by atoms with Crippen LogP contribution in [0.25, 0.3) is 0 Å². The van der Waals surface area contributed by atoms with Gasteiger partial charge in [0.15, 0.2) is 0 Å². The van der Waals surface area contributed by atoms with Crippen molar-refractivity contribution in [1.82, 2.24) is 15.1 Å². The molecule has 2 saturated heterocycles. The van der Waals surface area contributed by atoms with Crippen molar-refractivity contribution >= 4 is 29.6 Å². The fourth-order valence-electron chi connectivity index (χ4n) is 4.09. The second-order valence-corrected chi connectivity index (χ2v) is 7.64. The van der Waals surface area contributed by atoms with Crippen LogP contribution in [0.15, 0.2) is 18.2 Å². The third-order valence-corrected chi connectivity index (χ3v) is 5.61. The lowest BCUT2D eigenvalue weighted by Crippen LogP contribution is -2.54. The van der Waals surface area contributed by atoms with Gasteiger partial charge in [0.1, 0.15) is 17.9 Å². The van der Waals surface area contributed by atoms with Crippen LogP contribution < -0.4 is 10.1 Å². The molecule has 2 fully saturated rings. The van der Waals surface area contributed by atoms with E-state index in [1.165, 1.54) is 12.1 Å². The average Bonchev–Trinajstić information content (AvgIpc) is 2.94. The van der Waals surface area contributed by atoms with E-state index in [2.05, 4.69) is 5.32 Å². The molecule has 0 aliphatic carbocycles. The lowest BCUT2D eigenvalue weighted by atomic mass is 10.0. The van der Waals surface area contributed by atoms with E-state index in [9.17, 15) is 24.0 Å². The van der Waals surface area contributed by atoms with Gasteiger partial charge in [0.05, 0.1) is 17.7 Å². The molecule has 0 aromatic heterocycles. The van der Waals surface area contributed by atoms with Gasteiger partial charge in [-0.3, -0.25) is 39.1 Å². The maximum absolute atomic E-state index is 12.8. The number of nitrogens with zero attached hydrogens (tertiary/aromatic N) is 2. The fraction of sp³-hybridized carbons (Fsp3) is 0.450. The molecule has 1 unspecified atom stereocenters. The minimum Gasteiger partial charge on any atom is -0.490 e. The third-order valence-electron chi connectivity index (χ3n) is 5.61. The number of hydrogen-bond acceptors (Lipinski definition) is 7. The molecular formula is C20H21N3O7. The fourth-order valence-corrected chi connectivity index (χ4v) is 4.09. The molecule has 3 heterocycles. The monoisotopic (exact) mass is 415 g/mol. The van der Waals surface area contributed by atoms with Crippen LogP contribution >= 0.6 is 0 Å². The zero-order valence-electron chi connectivity index (χ0n) is 16.1. The second-order valence-electron chi connectivity index (χ2n) is 7.64. The number of rotatable bonds is 5. The van der Waals surface area contributed by atoms with Crippen molar-refractivity contribution in [3.8, 4) is 5.75 Å². The Labute approximate surface area is 171 Å². The largest absolute Gasteiger partial charge is 0.490 e. The lowest BCUT2D eigenvalue weighted by molar-refractivity contribution is -0.139. The van der Waals surface area contributed by atoms with E-state index in [0.29, 0.717) is 31.7 Å². The number of ether oxygens (including phenoxy) is 1. The number of likely N-dealkylation sites (tertiary alicyclic amines) is 1. The first-order valence-corrected chi connectivity index (χ1v) is 9.80. The number of nitrogens with one attached hydrogen (secondary N) is 1. The van der Waals surface area contributed by atoms with Crippen LogP contribution in [0.5, 0.6) is 5.75 Å². The summed E-state index contributed by atoms with van der Waals surface area (Å²) in [5.41, 5.74) is 0.374. The highest BCUT2D eigenvalue weighted by Gasteiger charge is 2.44. The Morgan fingerprint density at radius 3 is 2.43 bits per heavy atom. The molecule has 2 N–H and O–H groups in total. The molecule has 10 nitrogen and oxygen atoms in total. The molecular weight excluding hydrogens is 394 g/mol. The molecule has 1 atom stereocenters. The summed E-state index contributed by atoms with van der Waals surface area (Å²) in [4.78, 5) is 62.6. The smallest absolute Gasteiger partial charge is 0.317 e. The van der Waals surface area contributed by atoms with Crippen molar-refractivity contribution in [2.75, 3.05) is 19.6 Å². The summed E-state index contributed by atoms with van der Waals surface area (Å²) >= 11 is 0. The molecule has 10 heteroatoms. The number of fused-ring (bicyclic) bond motifs is 1. The first kappa shape index (κ1) is 20.0. The Bertz CT molecular complexity index is 936. The van der Waals surface area contributed by atoms with Gasteiger partial charge >= 0.3 is 5.97 Å². The third kappa shape index (κ3) is 3.78. The van der Waals surface area contributed by atoms with E-state index in [1.807, 2.05) is 4.90 Å². The van der Waals surface area contributed by atoms with Gasteiger partial charge in [-0.05, 0) is 37.5 Å². The number of carboxylic acids is 1. The highest BCUT2D eigenvalue weighted by Crippen LogP contribution is 2.31. The van der Waals surface area contributed by atoms with E-state index in [0.717, 1.165) is 4.90 Å². The van der Waals surface area contributed by atoms with Gasteiger partial charge in [-0.1, -0.05) is 0 Å². The maximum Gasteiger partial charge on any atom is 0.317 e. The molecule has 158 valence electrons. The van der Waals surface area contributed by atoms with Crippen LogP contribution in [0.4, 0.5) is 0 Å². The average molecular weight is 415 g/mol. The summed E-state index contributed by atoms with van der Waals surface area (Å²) in [5, 5.41) is 11.0. The van der Waals surface area contributed by atoms with E-state index < -0.39 is 35.6 Å². The molecule has 1 aromatic rings. The number of carbonyl (C=O) groups is 5. The molecule has 0 spiro atoms. The summed E-state index contributed by atoms with van der Waals surface area (Å²) in [7, 11) is 0. The standard InChI is InChI=1S/C20H21N3O7/c24-16-4-3-15(18(27)21-16)23-19(28)13-2-1-12(9-14(13)20(23)29)30-11-5-7-22(8-6-11)10-17(25)26/h1-2,9,11,15H,3-8,10H2,(H,25,26)(H,21,24,27). The summed E-state index contributed by atoms with van der Waals surface area (Å²) in [6.07, 6.45) is 1.36. The van der Waals surface area contributed by atoms with Gasteiger partial charge in [-0.25, -0.2) is 0 Å². The summed E-state index contributed by atoms with van der Waals surface area (Å²) in [6.45, 7) is 1.20. The molecule has 0 radical (unpaired) electrons. The molecule has 30 heavy (non-hydrogen) atoms. The number of hydrogen-bond donors (Lipinski definition) is 2. The van der Waals surface area contributed by atoms with Crippen LogP contribution in [0.3, 0.4) is 0 Å². The molecule has 0 saturated carbocycles. The summed E-state index contributed by atoms with van der Waals surface area (Å²) in [5.74, 6) is -2.62. The Balaban J connectivity index is 1.44. The Morgan fingerprint density at radius 1 is 1.07 bits per heavy atom. The van der Waals surface area contributed by atoms with Crippen LogP contribution in [0.2, 0.25) is 0 Å². The van der Waals surface area contributed by atoms with Crippen LogP contribution in [0, 0.1) is 0 Å². The van der Waals surface area contributed by atoms with Crippen molar-refractivity contribution in [1.29, 1.82) is 0 Å². The Kier molecular flexibility index (Phi) is 5.25. The van der Waals surface area contributed by atoms with Crippen molar-refractivity contribution in [3.63, 3.8) is 0 Å². The normalized spacial score (nSPS) is 22.8. The quantitative estimate of drug-likeness (QED) is 0.643. The number of piperidine rings is 2. The molecule has 0 bridgehead atoms. The number of carbonyl (C=O) groups excluding carboxylic acids is 4. The topological polar surface area (TPSA) is 133 Å². The Hall–Kier alpha value is -3.27. The number of benzene rings is 1. The number of amides is 4. The first-order valence-electron chi connectivity index (χ1n) is 9.80. The van der Waals surface area contributed by atoms with E-state index in [4.69, 9.17) is 9.84 Å². The number of aliphatic carboxylic acids is 1. The van der Waals surface area contributed by atoms with Crippen LogP contribution in [-0.4, -0.2) is 76.3 Å². The molecule has 3 aliphatic heterocycles. The van der Waals surface area contributed by atoms with E-state index in [1.54, 1.807) is 6.07 Å². The van der Waals surface area contributed by atoms with Crippen molar-refractivity contribution < 1.29 is 33.8 Å². The number of imide groups is 2. The van der Waals surface area contributed by atoms with Gasteiger partial charge in [0.25, 0.3) is 11.8 Å². The highest BCUT2D eigenvalue weighted by atomic mass is 16.5. The van der Waals surface area contributed by atoms with E-state index >= 15 is 0 Å². The molecule has 1 aromatic carbocycles. The van der Waals surface area contributed by atoms with Gasteiger partial charge in [-0.2, -0.15) is 0 Å². The first-order chi connectivity index (χ1) is 14.3. The molecule has 3 aliphatic rings. The van der Waals surface area contributed by atoms with Gasteiger partial charge in [0, 0.05) is 19.5 Å². The maximum atomic E-state index is 12.8. The van der Waals surface area contributed by atoms with Crippen molar-refractivity contribution in [2.45, 2.75) is 37.8 Å². The van der Waals surface area contributed by atoms with Gasteiger partial charge in [0.2, 0.25) is 11.8 Å². The molecule has 4 rings (SSSR count). The highest BCUT2D eigenvalue weighted by molar-refractivity contribution is 6.23. The minimum atomic E-state index is -1.00. The van der Waals surface area contributed by atoms with Crippen molar-refractivity contribution in [3.05, 3.63) is 29.3 Å². The predicted molar refractivity (Wildman–Crippen MR) is 101 cm³/mol. The molecule has 4 amide bonds. The summed E-state index contributed by atoms with van der Waals surface area (Å²) in [6, 6.07) is 3.63. The van der Waals surface area contributed by atoms with Gasteiger partial charge < -0.3 is 9.84 Å². The SMILES string of the molecule is O=C(O)CN1CCC(Oc2ccc3c(c2)C(=O)N(C2CCC(=O)NC2=O)C3=O)CC1. The summed E-state index contributed by atoms with van der Waals surface area (Å²) < 4.78 is 5.95. The zero-order valence-corrected chi connectivity index (χ0v) is 16.1. The minimum absolute atomic E-state index is 0.00163. The number of carboxylic acid groups (broad SMARTS) is 1. The van der Waals surface area contributed by atoms with Crippen molar-refractivity contribution in [2.24, 2.45) is 0 Å². The zero-order chi connectivity index (χ0) is 21.4. The predicted octanol–water partition coefficient (Wildman–Crippen LogP) is 0.0156. The lowest BCUT2D eigenvalue weighted by Gasteiger charge is -2.31. The van der Waals surface area contributed by atoms with Crippen LogP contribution in [0.1, 0.15) is 46.4 Å². The van der Waals surface area contributed by atoms with E-state index in [-0.39, 0.29) is 36.6 Å². The Morgan fingerprint density at radius 2 is 1.77 bits per heavy atom. The second kappa shape index (κ2) is 7.86.